The molecule has 8 nitrogen and oxygen atoms in total. The van der Waals surface area contributed by atoms with Gasteiger partial charge in [0.25, 0.3) is 0 Å². The summed E-state index contributed by atoms with van der Waals surface area (Å²) in [6, 6.07) is 11.2. The smallest absolute Gasteiger partial charge is 0.183 e. The Morgan fingerprint density at radius 1 is 0.714 bits per heavy atom. The first-order valence-corrected chi connectivity index (χ1v) is 11.4. The van der Waals surface area contributed by atoms with E-state index in [4.69, 9.17) is 37.9 Å². The van der Waals surface area contributed by atoms with Crippen LogP contribution in [0.25, 0.3) is 0 Å². The molecule has 0 bridgehead atoms. The monoisotopic (exact) mass is 484 g/mol. The number of hydrogen-bond donors (Lipinski definition) is 0. The Hall–Kier alpha value is -3.04. The Morgan fingerprint density at radius 2 is 1.11 bits per heavy atom. The summed E-state index contributed by atoms with van der Waals surface area (Å²) >= 11 is 0. The molecule has 2 fully saturated rings. The Morgan fingerprint density at radius 3 is 1.46 bits per heavy atom. The Bertz CT molecular complexity index is 919. The quantitative estimate of drug-likeness (QED) is 0.453. The molecule has 2 aliphatic heterocycles. The van der Waals surface area contributed by atoms with Gasteiger partial charge in [0, 0.05) is 11.1 Å². The van der Waals surface area contributed by atoms with E-state index in [1.165, 1.54) is 0 Å². The van der Waals surface area contributed by atoms with Crippen LogP contribution >= 0.6 is 0 Å². The van der Waals surface area contributed by atoms with Crippen molar-refractivity contribution in [3.05, 3.63) is 72.8 Å². The normalized spacial score (nSPS) is 23.9. The highest BCUT2D eigenvalue weighted by Gasteiger charge is 2.42. The second-order valence-corrected chi connectivity index (χ2v) is 8.43. The zero-order valence-electron chi connectivity index (χ0n) is 20.2. The van der Waals surface area contributed by atoms with Gasteiger partial charge in [0.05, 0.1) is 46.1 Å². The van der Waals surface area contributed by atoms with Crippen LogP contribution in [0.5, 0.6) is 23.0 Å². The van der Waals surface area contributed by atoms with Gasteiger partial charge in [-0.15, -0.1) is 0 Å². The van der Waals surface area contributed by atoms with E-state index < -0.39 is 12.6 Å². The standard InChI is InChI=1S/C27H32O8/c1-5-11-30-21-9-7-19(13-23(21)28-3)25-32-15-27(16-33-25)17-34-26(35-18-27)20-8-10-22(31-12-6-2)24(14-20)29-4/h5-10,13-14,25-26H,1-2,11-12,15-18H2,3-4H3. The van der Waals surface area contributed by atoms with Gasteiger partial charge in [-0.05, 0) is 24.3 Å². The minimum atomic E-state index is -0.506. The van der Waals surface area contributed by atoms with Crippen LogP contribution in [0.4, 0.5) is 0 Å². The molecule has 2 aromatic carbocycles. The Labute approximate surface area is 205 Å². The van der Waals surface area contributed by atoms with Crippen LogP contribution in [0.2, 0.25) is 0 Å². The van der Waals surface area contributed by atoms with Crippen LogP contribution in [0.15, 0.2) is 61.7 Å². The van der Waals surface area contributed by atoms with Crippen molar-refractivity contribution in [3.8, 4) is 23.0 Å². The van der Waals surface area contributed by atoms with Crippen LogP contribution < -0.4 is 18.9 Å². The molecular formula is C27H32O8. The van der Waals surface area contributed by atoms with Crippen molar-refractivity contribution < 1.29 is 37.9 Å². The van der Waals surface area contributed by atoms with Crippen molar-refractivity contribution in [2.75, 3.05) is 53.9 Å². The number of hydrogen-bond acceptors (Lipinski definition) is 8. The molecule has 0 aliphatic carbocycles. The average molecular weight is 485 g/mol. The summed E-state index contributed by atoms with van der Waals surface area (Å²) in [5.74, 6) is 2.50. The zero-order chi connectivity index (χ0) is 24.7. The number of rotatable bonds is 10. The third-order valence-corrected chi connectivity index (χ3v) is 5.80. The number of ether oxygens (including phenoxy) is 8. The molecule has 2 aromatic rings. The lowest BCUT2D eigenvalue weighted by atomic mass is 9.90. The third kappa shape index (κ3) is 5.79. The molecule has 0 radical (unpaired) electrons. The molecule has 2 heterocycles. The predicted octanol–water partition coefficient (Wildman–Crippen LogP) is 4.61. The lowest BCUT2D eigenvalue weighted by molar-refractivity contribution is -0.307. The van der Waals surface area contributed by atoms with E-state index in [0.29, 0.717) is 62.6 Å². The van der Waals surface area contributed by atoms with E-state index >= 15 is 0 Å². The highest BCUT2D eigenvalue weighted by atomic mass is 16.7. The molecule has 8 heteroatoms. The van der Waals surface area contributed by atoms with Gasteiger partial charge in [-0.25, -0.2) is 0 Å². The lowest BCUT2D eigenvalue weighted by Crippen LogP contribution is -2.49. The molecule has 0 N–H and O–H groups in total. The molecular weight excluding hydrogens is 452 g/mol. The van der Waals surface area contributed by atoms with Gasteiger partial charge in [-0.1, -0.05) is 37.4 Å². The van der Waals surface area contributed by atoms with Crippen molar-refractivity contribution in [1.82, 2.24) is 0 Å². The van der Waals surface area contributed by atoms with E-state index in [1.54, 1.807) is 26.4 Å². The fraction of sp³-hybridized carbons (Fsp3) is 0.407. The average Bonchev–Trinajstić information content (AvgIpc) is 2.91. The van der Waals surface area contributed by atoms with Crippen LogP contribution in [-0.4, -0.2) is 53.9 Å². The largest absolute Gasteiger partial charge is 0.493 e. The predicted molar refractivity (Wildman–Crippen MR) is 129 cm³/mol. The second kappa shape index (κ2) is 11.6. The minimum Gasteiger partial charge on any atom is -0.493 e. The van der Waals surface area contributed by atoms with Gasteiger partial charge >= 0.3 is 0 Å². The van der Waals surface area contributed by atoms with E-state index in [9.17, 15) is 0 Å². The number of benzene rings is 2. The molecule has 4 rings (SSSR count). The molecule has 35 heavy (non-hydrogen) atoms. The summed E-state index contributed by atoms with van der Waals surface area (Å²) < 4.78 is 46.4. The van der Waals surface area contributed by atoms with E-state index in [0.717, 1.165) is 11.1 Å². The van der Waals surface area contributed by atoms with Crippen LogP contribution in [0, 0.1) is 5.41 Å². The molecule has 0 saturated carbocycles. The Kier molecular flexibility index (Phi) is 8.30. The van der Waals surface area contributed by atoms with E-state index in [-0.39, 0.29) is 5.41 Å². The van der Waals surface area contributed by atoms with Crippen molar-refractivity contribution >= 4 is 0 Å². The van der Waals surface area contributed by atoms with Crippen LogP contribution in [0.1, 0.15) is 23.7 Å². The van der Waals surface area contributed by atoms with E-state index in [1.807, 2.05) is 36.4 Å². The van der Waals surface area contributed by atoms with Gasteiger partial charge in [0.2, 0.25) is 0 Å². The van der Waals surface area contributed by atoms with Crippen molar-refractivity contribution in [2.45, 2.75) is 12.6 Å². The SMILES string of the molecule is C=CCOc1ccc(C2OCC3(CO2)COC(c2ccc(OCC=C)c(OC)c2)OC3)cc1OC. The highest BCUT2D eigenvalue weighted by Crippen LogP contribution is 2.41. The zero-order valence-corrected chi connectivity index (χ0v) is 20.2. The highest BCUT2D eigenvalue weighted by molar-refractivity contribution is 5.44. The summed E-state index contributed by atoms with van der Waals surface area (Å²) in [4.78, 5) is 0. The third-order valence-electron chi connectivity index (χ3n) is 5.80. The summed E-state index contributed by atoms with van der Waals surface area (Å²) in [5.41, 5.74) is 1.33. The molecule has 0 aromatic heterocycles. The van der Waals surface area contributed by atoms with Crippen molar-refractivity contribution in [1.29, 1.82) is 0 Å². The number of methoxy groups -OCH3 is 2. The van der Waals surface area contributed by atoms with Crippen molar-refractivity contribution in [3.63, 3.8) is 0 Å². The summed E-state index contributed by atoms with van der Waals surface area (Å²) in [6.07, 6.45) is 2.35. The molecule has 1 spiro atoms. The fourth-order valence-corrected chi connectivity index (χ4v) is 3.94. The molecule has 2 saturated heterocycles. The molecule has 0 unspecified atom stereocenters. The fourth-order valence-electron chi connectivity index (χ4n) is 3.94. The maximum Gasteiger partial charge on any atom is 0.183 e. The van der Waals surface area contributed by atoms with Crippen LogP contribution in [-0.2, 0) is 18.9 Å². The second-order valence-electron chi connectivity index (χ2n) is 8.43. The first kappa shape index (κ1) is 25.1. The molecule has 2 aliphatic rings. The maximum atomic E-state index is 6.07. The van der Waals surface area contributed by atoms with Gasteiger partial charge in [0.1, 0.15) is 13.2 Å². The topological polar surface area (TPSA) is 73.8 Å². The molecule has 188 valence electrons. The maximum absolute atomic E-state index is 6.07. The molecule has 0 amide bonds. The van der Waals surface area contributed by atoms with Gasteiger partial charge in [0.15, 0.2) is 35.6 Å². The van der Waals surface area contributed by atoms with Crippen molar-refractivity contribution in [2.24, 2.45) is 5.41 Å². The minimum absolute atomic E-state index is 0.374. The molecule has 0 atom stereocenters. The first-order chi connectivity index (χ1) is 17.1. The summed E-state index contributed by atoms with van der Waals surface area (Å²) in [6.45, 7) is 9.90. The lowest BCUT2D eigenvalue weighted by Gasteiger charge is -2.43. The van der Waals surface area contributed by atoms with Crippen LogP contribution in [0.3, 0.4) is 0 Å². The summed E-state index contributed by atoms with van der Waals surface area (Å²) in [7, 11) is 3.20. The van der Waals surface area contributed by atoms with Gasteiger partial charge in [-0.3, -0.25) is 0 Å². The first-order valence-electron chi connectivity index (χ1n) is 11.4. The van der Waals surface area contributed by atoms with Gasteiger partial charge < -0.3 is 37.9 Å². The Balaban J connectivity index is 1.34. The van der Waals surface area contributed by atoms with Gasteiger partial charge in [-0.2, -0.15) is 0 Å². The summed E-state index contributed by atoms with van der Waals surface area (Å²) in [5, 5.41) is 0. The van der Waals surface area contributed by atoms with E-state index in [2.05, 4.69) is 13.2 Å².